The molecule has 0 bridgehead atoms. The third-order valence-electron chi connectivity index (χ3n) is 4.35. The second-order valence-electron chi connectivity index (χ2n) is 5.74. The van der Waals surface area contributed by atoms with Gasteiger partial charge in [-0.25, -0.2) is 0 Å². The Labute approximate surface area is 111 Å². The van der Waals surface area contributed by atoms with Gasteiger partial charge in [-0.05, 0) is 45.7 Å². The van der Waals surface area contributed by atoms with Gasteiger partial charge in [-0.3, -0.25) is 0 Å². The summed E-state index contributed by atoms with van der Waals surface area (Å²) >= 11 is 0. The van der Waals surface area contributed by atoms with Crippen LogP contribution in [0, 0.1) is 19.8 Å². The molecule has 0 radical (unpaired) electrons. The van der Waals surface area contributed by atoms with E-state index >= 15 is 0 Å². The summed E-state index contributed by atoms with van der Waals surface area (Å²) in [4.78, 5) is 0. The van der Waals surface area contributed by atoms with Gasteiger partial charge in [0.25, 0.3) is 0 Å². The summed E-state index contributed by atoms with van der Waals surface area (Å²) in [5, 5.41) is 3.53. The van der Waals surface area contributed by atoms with Crippen molar-refractivity contribution in [2.45, 2.75) is 64.8 Å². The second kappa shape index (κ2) is 6.42. The quantitative estimate of drug-likeness (QED) is 0.852. The Balaban J connectivity index is 2.13. The highest BCUT2D eigenvalue weighted by molar-refractivity contribution is 5.24. The van der Waals surface area contributed by atoms with E-state index in [2.05, 4.69) is 25.4 Å². The molecule has 1 unspecified atom stereocenters. The second-order valence-corrected chi connectivity index (χ2v) is 5.74. The lowest BCUT2D eigenvalue weighted by molar-refractivity contribution is 0.297. The predicted molar refractivity (Wildman–Crippen MR) is 75.8 cm³/mol. The molecular weight excluding hydrogens is 222 g/mol. The molecule has 0 saturated heterocycles. The van der Waals surface area contributed by atoms with Crippen molar-refractivity contribution in [2.75, 3.05) is 7.05 Å². The monoisotopic (exact) mass is 249 g/mol. The first-order chi connectivity index (χ1) is 8.72. The average molecular weight is 249 g/mol. The van der Waals surface area contributed by atoms with E-state index in [1.807, 2.05) is 6.92 Å². The van der Waals surface area contributed by atoms with Crippen LogP contribution in [0.1, 0.15) is 68.1 Å². The van der Waals surface area contributed by atoms with Crippen LogP contribution in [-0.2, 0) is 0 Å². The fourth-order valence-electron chi connectivity index (χ4n) is 3.43. The summed E-state index contributed by atoms with van der Waals surface area (Å²) < 4.78 is 5.70. The molecule has 1 aromatic rings. The van der Waals surface area contributed by atoms with Crippen LogP contribution in [0.2, 0.25) is 0 Å². The van der Waals surface area contributed by atoms with E-state index in [9.17, 15) is 0 Å². The Hall–Kier alpha value is -0.760. The van der Waals surface area contributed by atoms with Crippen molar-refractivity contribution in [2.24, 2.45) is 5.92 Å². The van der Waals surface area contributed by atoms with Crippen molar-refractivity contribution in [3.05, 3.63) is 23.2 Å². The number of furan rings is 1. The van der Waals surface area contributed by atoms with Gasteiger partial charge in [-0.1, -0.05) is 32.1 Å². The van der Waals surface area contributed by atoms with Crippen molar-refractivity contribution in [1.82, 2.24) is 5.32 Å². The Morgan fingerprint density at radius 1 is 1.11 bits per heavy atom. The van der Waals surface area contributed by atoms with Gasteiger partial charge < -0.3 is 9.73 Å². The first-order valence-corrected chi connectivity index (χ1v) is 7.46. The third kappa shape index (κ3) is 3.17. The van der Waals surface area contributed by atoms with E-state index < -0.39 is 0 Å². The highest BCUT2D eigenvalue weighted by Crippen LogP contribution is 2.35. The van der Waals surface area contributed by atoms with Crippen molar-refractivity contribution in [1.29, 1.82) is 0 Å². The third-order valence-corrected chi connectivity index (χ3v) is 4.35. The first-order valence-electron chi connectivity index (χ1n) is 7.46. The molecular formula is C16H27NO. The Morgan fingerprint density at radius 3 is 2.22 bits per heavy atom. The van der Waals surface area contributed by atoms with E-state index in [1.54, 1.807) is 0 Å². The normalized spacial score (nSPS) is 20.4. The van der Waals surface area contributed by atoms with Crippen LogP contribution in [0.15, 0.2) is 10.5 Å². The fourth-order valence-corrected chi connectivity index (χ4v) is 3.43. The zero-order chi connectivity index (χ0) is 13.0. The molecule has 1 aliphatic carbocycles. The highest BCUT2D eigenvalue weighted by Gasteiger charge is 2.25. The van der Waals surface area contributed by atoms with Crippen LogP contribution in [0.3, 0.4) is 0 Å². The molecule has 2 rings (SSSR count). The van der Waals surface area contributed by atoms with Gasteiger partial charge in [0.2, 0.25) is 0 Å². The topological polar surface area (TPSA) is 25.2 Å². The SMILES string of the molecule is CNC(c1cc(C)oc1C)C1CCCCCCC1. The standard InChI is InChI=1S/C16H27NO/c1-12-11-15(13(2)18-12)16(17-3)14-9-7-5-4-6-8-10-14/h11,14,16-17H,4-10H2,1-3H3. The molecule has 1 heterocycles. The average Bonchev–Trinajstić information content (AvgIpc) is 2.62. The van der Waals surface area contributed by atoms with Crippen LogP contribution in [0.5, 0.6) is 0 Å². The molecule has 2 nitrogen and oxygen atoms in total. The van der Waals surface area contributed by atoms with Crippen molar-refractivity contribution < 1.29 is 4.42 Å². The zero-order valence-corrected chi connectivity index (χ0v) is 12.1. The zero-order valence-electron chi connectivity index (χ0n) is 12.1. The first kappa shape index (κ1) is 13.7. The maximum absolute atomic E-state index is 5.70. The lowest BCUT2D eigenvalue weighted by Gasteiger charge is -2.28. The molecule has 0 aliphatic heterocycles. The molecule has 102 valence electrons. The molecule has 0 aromatic carbocycles. The molecule has 1 N–H and O–H groups in total. The molecule has 1 aliphatic rings. The number of hydrogen-bond acceptors (Lipinski definition) is 2. The van der Waals surface area contributed by atoms with Gasteiger partial charge in [0.1, 0.15) is 11.5 Å². The van der Waals surface area contributed by atoms with Gasteiger partial charge in [0.15, 0.2) is 0 Å². The summed E-state index contributed by atoms with van der Waals surface area (Å²) in [6.07, 6.45) is 9.75. The van der Waals surface area contributed by atoms with Crippen LogP contribution >= 0.6 is 0 Å². The van der Waals surface area contributed by atoms with Crippen molar-refractivity contribution in [3.8, 4) is 0 Å². The van der Waals surface area contributed by atoms with Crippen molar-refractivity contribution in [3.63, 3.8) is 0 Å². The Bertz CT molecular complexity index is 361. The number of nitrogens with one attached hydrogen (secondary N) is 1. The fraction of sp³-hybridized carbons (Fsp3) is 0.750. The number of aryl methyl sites for hydroxylation is 2. The van der Waals surface area contributed by atoms with Gasteiger partial charge in [-0.2, -0.15) is 0 Å². The van der Waals surface area contributed by atoms with Gasteiger partial charge >= 0.3 is 0 Å². The van der Waals surface area contributed by atoms with Crippen LogP contribution < -0.4 is 5.32 Å². The summed E-state index contributed by atoms with van der Waals surface area (Å²) in [5.41, 5.74) is 1.38. The van der Waals surface area contributed by atoms with E-state index in [0.29, 0.717) is 6.04 Å². The molecule has 1 saturated carbocycles. The van der Waals surface area contributed by atoms with Crippen LogP contribution in [-0.4, -0.2) is 7.05 Å². The van der Waals surface area contributed by atoms with E-state index in [1.165, 1.54) is 50.5 Å². The molecule has 0 amide bonds. The lowest BCUT2D eigenvalue weighted by atomic mass is 9.83. The van der Waals surface area contributed by atoms with E-state index in [4.69, 9.17) is 4.42 Å². The predicted octanol–water partition coefficient (Wildman–Crippen LogP) is 4.52. The van der Waals surface area contributed by atoms with Crippen LogP contribution in [0.4, 0.5) is 0 Å². The Kier molecular flexibility index (Phi) is 4.87. The van der Waals surface area contributed by atoms with Crippen molar-refractivity contribution >= 4 is 0 Å². The largest absolute Gasteiger partial charge is 0.466 e. The van der Waals surface area contributed by atoms with Gasteiger partial charge in [-0.15, -0.1) is 0 Å². The van der Waals surface area contributed by atoms with E-state index in [-0.39, 0.29) is 0 Å². The lowest BCUT2D eigenvalue weighted by Crippen LogP contribution is -2.26. The van der Waals surface area contributed by atoms with Gasteiger partial charge in [0, 0.05) is 11.6 Å². The number of rotatable bonds is 3. The minimum atomic E-state index is 0.473. The summed E-state index contributed by atoms with van der Waals surface area (Å²) in [6, 6.07) is 2.69. The highest BCUT2D eigenvalue weighted by atomic mass is 16.3. The molecule has 1 aromatic heterocycles. The summed E-state index contributed by atoms with van der Waals surface area (Å²) in [7, 11) is 2.09. The molecule has 0 spiro atoms. The molecule has 2 heteroatoms. The molecule has 1 fully saturated rings. The minimum Gasteiger partial charge on any atom is -0.466 e. The smallest absolute Gasteiger partial charge is 0.105 e. The minimum absolute atomic E-state index is 0.473. The summed E-state index contributed by atoms with van der Waals surface area (Å²) in [6.45, 7) is 4.14. The Morgan fingerprint density at radius 2 is 1.72 bits per heavy atom. The van der Waals surface area contributed by atoms with E-state index in [0.717, 1.165) is 17.4 Å². The number of hydrogen-bond donors (Lipinski definition) is 1. The van der Waals surface area contributed by atoms with Crippen LogP contribution in [0.25, 0.3) is 0 Å². The molecule has 18 heavy (non-hydrogen) atoms. The maximum Gasteiger partial charge on any atom is 0.105 e. The summed E-state index contributed by atoms with van der Waals surface area (Å²) in [5.74, 6) is 2.90. The van der Waals surface area contributed by atoms with Gasteiger partial charge in [0.05, 0.1) is 0 Å². The maximum atomic E-state index is 5.70. The molecule has 1 atom stereocenters.